The predicted octanol–water partition coefficient (Wildman–Crippen LogP) is 3.53. The molecule has 6 nitrogen and oxygen atoms in total. The zero-order valence-electron chi connectivity index (χ0n) is 15.7. The van der Waals surface area contributed by atoms with Crippen LogP contribution < -0.4 is 11.1 Å². The van der Waals surface area contributed by atoms with E-state index in [1.165, 1.54) is 17.3 Å². The van der Waals surface area contributed by atoms with Gasteiger partial charge in [-0.05, 0) is 43.7 Å². The Balaban J connectivity index is 1.60. The van der Waals surface area contributed by atoms with Crippen molar-refractivity contribution in [3.05, 3.63) is 77.1 Å². The zero-order chi connectivity index (χ0) is 20.1. The van der Waals surface area contributed by atoms with Crippen molar-refractivity contribution in [1.82, 2.24) is 9.97 Å². The second kappa shape index (κ2) is 8.75. The summed E-state index contributed by atoms with van der Waals surface area (Å²) in [5, 5.41) is 3.21. The summed E-state index contributed by atoms with van der Waals surface area (Å²) < 4.78 is 0. The SMILES string of the molecule is Cc1[nH]c(S[C@@H](C)C(=O)Nc2ccc(C(N)=O)cc2)nc1Cc1ccccc1. The van der Waals surface area contributed by atoms with Crippen molar-refractivity contribution in [2.45, 2.75) is 30.7 Å². The maximum Gasteiger partial charge on any atom is 0.248 e. The highest BCUT2D eigenvalue weighted by Gasteiger charge is 2.18. The number of carbonyl (C=O) groups is 2. The van der Waals surface area contributed by atoms with E-state index < -0.39 is 5.91 Å². The number of benzene rings is 2. The molecule has 0 bridgehead atoms. The first-order valence-electron chi connectivity index (χ1n) is 8.89. The molecule has 1 atom stereocenters. The number of primary amides is 1. The summed E-state index contributed by atoms with van der Waals surface area (Å²) in [4.78, 5) is 31.5. The minimum absolute atomic E-state index is 0.143. The molecule has 3 rings (SSSR count). The Morgan fingerprint density at radius 2 is 1.82 bits per heavy atom. The average molecular weight is 395 g/mol. The summed E-state index contributed by atoms with van der Waals surface area (Å²) >= 11 is 1.37. The highest BCUT2D eigenvalue weighted by Crippen LogP contribution is 2.24. The summed E-state index contributed by atoms with van der Waals surface area (Å²) in [5.74, 6) is -0.642. The van der Waals surface area contributed by atoms with Crippen LogP contribution in [0, 0.1) is 6.92 Å². The van der Waals surface area contributed by atoms with Gasteiger partial charge in [-0.3, -0.25) is 9.59 Å². The fraction of sp³-hybridized carbons (Fsp3) is 0.190. The lowest BCUT2D eigenvalue weighted by molar-refractivity contribution is -0.115. The van der Waals surface area contributed by atoms with Gasteiger partial charge in [-0.1, -0.05) is 42.1 Å². The number of nitrogens with one attached hydrogen (secondary N) is 2. The molecule has 0 spiro atoms. The van der Waals surface area contributed by atoms with Crippen molar-refractivity contribution in [2.24, 2.45) is 5.73 Å². The molecule has 0 aliphatic heterocycles. The van der Waals surface area contributed by atoms with Crippen molar-refractivity contribution in [1.29, 1.82) is 0 Å². The van der Waals surface area contributed by atoms with Crippen molar-refractivity contribution >= 4 is 29.3 Å². The van der Waals surface area contributed by atoms with Gasteiger partial charge in [0.15, 0.2) is 5.16 Å². The van der Waals surface area contributed by atoms with Gasteiger partial charge in [0.05, 0.1) is 10.9 Å². The standard InChI is InChI=1S/C21H22N4O2S/c1-13-18(12-15-6-4-3-5-7-15)25-21(23-13)28-14(2)20(27)24-17-10-8-16(9-11-17)19(22)26/h3-11,14H,12H2,1-2H3,(H2,22,26)(H,23,25)(H,24,27)/t14-/m0/s1. The summed E-state index contributed by atoms with van der Waals surface area (Å²) in [6.07, 6.45) is 0.747. The molecular formula is C21H22N4O2S. The molecule has 0 saturated heterocycles. The number of aryl methyl sites for hydroxylation is 1. The molecule has 1 aromatic heterocycles. The van der Waals surface area contributed by atoms with Crippen LogP contribution in [0.15, 0.2) is 59.8 Å². The fourth-order valence-corrected chi connectivity index (χ4v) is 3.54. The number of nitrogens with two attached hydrogens (primary N) is 1. The summed E-state index contributed by atoms with van der Waals surface area (Å²) in [7, 11) is 0. The molecule has 4 N–H and O–H groups in total. The van der Waals surface area contributed by atoms with Gasteiger partial charge >= 0.3 is 0 Å². The van der Waals surface area contributed by atoms with Gasteiger partial charge in [-0.15, -0.1) is 0 Å². The normalized spacial score (nSPS) is 11.8. The molecule has 0 fully saturated rings. The topological polar surface area (TPSA) is 101 Å². The third-order valence-corrected chi connectivity index (χ3v) is 5.26. The molecular weight excluding hydrogens is 372 g/mol. The van der Waals surface area contributed by atoms with Gasteiger partial charge < -0.3 is 16.0 Å². The largest absolute Gasteiger partial charge is 0.366 e. The number of hydrogen-bond donors (Lipinski definition) is 3. The van der Waals surface area contributed by atoms with Crippen LogP contribution >= 0.6 is 11.8 Å². The molecule has 1 heterocycles. The zero-order valence-corrected chi connectivity index (χ0v) is 16.5. The lowest BCUT2D eigenvalue weighted by Gasteiger charge is -2.10. The molecule has 2 amide bonds. The number of H-pyrrole nitrogens is 1. The molecule has 0 unspecified atom stereocenters. The first kappa shape index (κ1) is 19.7. The van der Waals surface area contributed by atoms with E-state index in [2.05, 4.69) is 27.4 Å². The van der Waals surface area contributed by atoms with E-state index in [0.717, 1.165) is 23.0 Å². The van der Waals surface area contributed by atoms with Gasteiger partial charge in [-0.25, -0.2) is 4.98 Å². The Morgan fingerprint density at radius 1 is 1.14 bits per heavy atom. The molecule has 0 radical (unpaired) electrons. The fourth-order valence-electron chi connectivity index (χ4n) is 2.67. The van der Waals surface area contributed by atoms with Crippen molar-refractivity contribution in [3.63, 3.8) is 0 Å². The first-order chi connectivity index (χ1) is 13.4. The van der Waals surface area contributed by atoms with Crippen LogP contribution in [0.2, 0.25) is 0 Å². The molecule has 28 heavy (non-hydrogen) atoms. The number of carbonyl (C=O) groups excluding carboxylic acids is 2. The van der Waals surface area contributed by atoms with Crippen LogP contribution in [-0.2, 0) is 11.2 Å². The van der Waals surface area contributed by atoms with Crippen molar-refractivity contribution < 1.29 is 9.59 Å². The number of aromatic nitrogens is 2. The number of nitrogens with zero attached hydrogens (tertiary/aromatic N) is 1. The lowest BCUT2D eigenvalue weighted by atomic mass is 10.1. The summed E-state index contributed by atoms with van der Waals surface area (Å²) in [5.41, 5.74) is 9.41. The highest BCUT2D eigenvalue weighted by atomic mass is 32.2. The smallest absolute Gasteiger partial charge is 0.248 e. The number of thioether (sulfide) groups is 1. The molecule has 0 aliphatic carbocycles. The van der Waals surface area contributed by atoms with Crippen LogP contribution in [0.4, 0.5) is 5.69 Å². The van der Waals surface area contributed by atoms with E-state index in [1.54, 1.807) is 24.3 Å². The molecule has 0 saturated carbocycles. The van der Waals surface area contributed by atoms with Gasteiger partial charge in [0.1, 0.15) is 0 Å². The Morgan fingerprint density at radius 3 is 2.46 bits per heavy atom. The summed E-state index contributed by atoms with van der Waals surface area (Å²) in [6, 6.07) is 16.6. The Bertz CT molecular complexity index is 968. The summed E-state index contributed by atoms with van der Waals surface area (Å²) in [6.45, 7) is 3.81. The number of imidazole rings is 1. The molecule has 7 heteroatoms. The van der Waals surface area contributed by atoms with Crippen LogP contribution in [0.5, 0.6) is 0 Å². The quantitative estimate of drug-likeness (QED) is 0.534. The van der Waals surface area contributed by atoms with E-state index in [0.29, 0.717) is 11.3 Å². The van der Waals surface area contributed by atoms with Gasteiger partial charge in [0, 0.05) is 23.4 Å². The van der Waals surface area contributed by atoms with Gasteiger partial charge in [-0.2, -0.15) is 0 Å². The third-order valence-electron chi connectivity index (χ3n) is 4.27. The van der Waals surface area contributed by atoms with Gasteiger partial charge in [0.2, 0.25) is 11.8 Å². The first-order valence-corrected chi connectivity index (χ1v) is 9.77. The lowest BCUT2D eigenvalue weighted by Crippen LogP contribution is -2.22. The Hall–Kier alpha value is -3.06. The van der Waals surface area contributed by atoms with E-state index in [1.807, 2.05) is 32.0 Å². The molecule has 3 aromatic rings. The van der Waals surface area contributed by atoms with E-state index >= 15 is 0 Å². The number of aromatic amines is 1. The second-order valence-corrected chi connectivity index (χ2v) is 7.80. The monoisotopic (exact) mass is 394 g/mol. The highest BCUT2D eigenvalue weighted by molar-refractivity contribution is 8.00. The Kier molecular flexibility index (Phi) is 6.16. The molecule has 0 aliphatic rings. The number of hydrogen-bond acceptors (Lipinski definition) is 4. The maximum absolute atomic E-state index is 12.5. The van der Waals surface area contributed by atoms with Crippen LogP contribution in [-0.4, -0.2) is 27.0 Å². The minimum Gasteiger partial charge on any atom is -0.366 e. The average Bonchev–Trinajstić information content (AvgIpc) is 3.01. The van der Waals surface area contributed by atoms with Crippen molar-refractivity contribution in [3.8, 4) is 0 Å². The maximum atomic E-state index is 12.5. The van der Waals surface area contributed by atoms with Crippen LogP contribution in [0.25, 0.3) is 0 Å². The predicted molar refractivity (Wildman–Crippen MR) is 111 cm³/mol. The van der Waals surface area contributed by atoms with Crippen LogP contribution in [0.3, 0.4) is 0 Å². The number of anilines is 1. The third kappa shape index (κ3) is 5.01. The van der Waals surface area contributed by atoms with Crippen LogP contribution in [0.1, 0.15) is 34.2 Å². The van der Waals surface area contributed by atoms with Crippen molar-refractivity contribution in [2.75, 3.05) is 5.32 Å². The Labute approximate surface area is 167 Å². The second-order valence-electron chi connectivity index (χ2n) is 6.47. The van der Waals surface area contributed by atoms with E-state index in [9.17, 15) is 9.59 Å². The molecule has 144 valence electrons. The number of amides is 2. The molecule has 2 aromatic carbocycles. The minimum atomic E-state index is -0.499. The van der Waals surface area contributed by atoms with Gasteiger partial charge in [0.25, 0.3) is 0 Å². The number of rotatable bonds is 7. The van der Waals surface area contributed by atoms with E-state index in [-0.39, 0.29) is 11.2 Å². The van der Waals surface area contributed by atoms with E-state index in [4.69, 9.17) is 5.73 Å².